The highest BCUT2D eigenvalue weighted by molar-refractivity contribution is 5.77. The third-order valence-corrected chi connectivity index (χ3v) is 4.23. The Morgan fingerprint density at radius 3 is 2.09 bits per heavy atom. The number of carbonyl (C=O) groups is 4. The molecule has 1 aliphatic heterocycles. The maximum absolute atomic E-state index is 11.8. The van der Waals surface area contributed by atoms with Gasteiger partial charge in [-0.3, -0.25) is 29.2 Å². The SMILES string of the molecule is CC(=O)OC[C@H]1O[C@@H](/N=C/c2cccc(C)n2)[C@H](OC(C)=O)[C@@H](OC(C)=O)[C@@H]1OC(C)=O. The molecule has 11 heteroatoms. The van der Waals surface area contributed by atoms with E-state index in [0.717, 1.165) is 19.5 Å². The van der Waals surface area contributed by atoms with Gasteiger partial charge >= 0.3 is 23.9 Å². The Morgan fingerprint density at radius 2 is 1.53 bits per heavy atom. The van der Waals surface area contributed by atoms with Crippen molar-refractivity contribution in [2.45, 2.75) is 65.3 Å². The van der Waals surface area contributed by atoms with Gasteiger partial charge in [0.05, 0.1) is 11.9 Å². The first-order valence-corrected chi connectivity index (χ1v) is 9.84. The van der Waals surface area contributed by atoms with Crippen LogP contribution in [-0.2, 0) is 42.9 Å². The van der Waals surface area contributed by atoms with Crippen LogP contribution in [0.25, 0.3) is 0 Å². The second-order valence-corrected chi connectivity index (χ2v) is 7.07. The molecule has 0 saturated carbocycles. The Bertz CT molecular complexity index is 886. The van der Waals surface area contributed by atoms with Crippen LogP contribution >= 0.6 is 0 Å². The number of pyridine rings is 1. The standard InChI is InChI=1S/C21H26N2O9/c1-11-7-6-8-16(23-11)9-22-21-20(31-15(5)27)19(30-14(4)26)18(29-13(3)25)17(32-21)10-28-12(2)24/h6-9,17-21H,10H2,1-5H3/b22-9+/t17-,18-,19+,20-,21-/m1/s1. The Labute approximate surface area is 185 Å². The third kappa shape index (κ3) is 7.41. The first-order chi connectivity index (χ1) is 15.1. The van der Waals surface area contributed by atoms with E-state index in [4.69, 9.17) is 23.7 Å². The van der Waals surface area contributed by atoms with Crippen LogP contribution in [0.3, 0.4) is 0 Å². The number of nitrogens with zero attached hydrogens (tertiary/aromatic N) is 2. The predicted molar refractivity (Wildman–Crippen MR) is 109 cm³/mol. The molecule has 32 heavy (non-hydrogen) atoms. The van der Waals surface area contributed by atoms with Crippen LogP contribution in [0.4, 0.5) is 0 Å². The molecule has 5 atom stereocenters. The van der Waals surface area contributed by atoms with Crippen molar-refractivity contribution < 1.29 is 42.9 Å². The zero-order valence-electron chi connectivity index (χ0n) is 18.5. The third-order valence-electron chi connectivity index (χ3n) is 4.23. The Balaban J connectivity index is 2.45. The fourth-order valence-electron chi connectivity index (χ4n) is 3.11. The second-order valence-electron chi connectivity index (χ2n) is 7.07. The molecule has 1 saturated heterocycles. The van der Waals surface area contributed by atoms with E-state index < -0.39 is 54.5 Å². The number of hydrogen-bond donors (Lipinski definition) is 0. The van der Waals surface area contributed by atoms with E-state index in [2.05, 4.69) is 9.98 Å². The largest absolute Gasteiger partial charge is 0.463 e. The summed E-state index contributed by atoms with van der Waals surface area (Å²) in [5.74, 6) is -2.69. The zero-order chi connectivity index (χ0) is 23.8. The highest BCUT2D eigenvalue weighted by atomic mass is 16.7. The minimum Gasteiger partial charge on any atom is -0.463 e. The summed E-state index contributed by atoms with van der Waals surface area (Å²) in [4.78, 5) is 55.2. The molecular weight excluding hydrogens is 424 g/mol. The normalized spacial score (nSPS) is 25.1. The van der Waals surface area contributed by atoms with Crippen molar-refractivity contribution in [3.63, 3.8) is 0 Å². The Hall–Kier alpha value is -3.34. The molecule has 0 unspecified atom stereocenters. The van der Waals surface area contributed by atoms with Crippen LogP contribution in [0.15, 0.2) is 23.2 Å². The van der Waals surface area contributed by atoms with E-state index in [1.165, 1.54) is 20.1 Å². The maximum Gasteiger partial charge on any atom is 0.303 e. The minimum absolute atomic E-state index is 0.313. The van der Waals surface area contributed by atoms with Crippen LogP contribution in [0, 0.1) is 6.92 Å². The molecule has 0 aromatic carbocycles. The van der Waals surface area contributed by atoms with Crippen LogP contribution in [0.5, 0.6) is 0 Å². The van der Waals surface area contributed by atoms with Crippen molar-refractivity contribution in [1.82, 2.24) is 4.98 Å². The molecular formula is C21H26N2O9. The highest BCUT2D eigenvalue weighted by Crippen LogP contribution is 2.30. The molecule has 1 fully saturated rings. The molecule has 0 N–H and O–H groups in total. The molecule has 11 nitrogen and oxygen atoms in total. The molecule has 0 aliphatic carbocycles. The number of aromatic nitrogens is 1. The van der Waals surface area contributed by atoms with Gasteiger partial charge in [0.25, 0.3) is 0 Å². The van der Waals surface area contributed by atoms with Crippen molar-refractivity contribution in [3.05, 3.63) is 29.6 Å². The van der Waals surface area contributed by atoms with Gasteiger partial charge in [0.15, 0.2) is 24.5 Å². The number of aliphatic imine (C=N–C) groups is 1. The molecule has 0 amide bonds. The summed E-state index contributed by atoms with van der Waals surface area (Å²) in [5, 5.41) is 0. The zero-order valence-corrected chi connectivity index (χ0v) is 18.5. The topological polar surface area (TPSA) is 140 Å². The summed E-state index contributed by atoms with van der Waals surface area (Å²) in [7, 11) is 0. The smallest absolute Gasteiger partial charge is 0.303 e. The fraction of sp³-hybridized carbons (Fsp3) is 0.524. The number of carbonyl (C=O) groups excluding carboxylic acids is 4. The summed E-state index contributed by atoms with van der Waals surface area (Å²) in [6, 6.07) is 5.31. The van der Waals surface area contributed by atoms with Gasteiger partial charge in [0, 0.05) is 33.4 Å². The first kappa shape index (κ1) is 24.9. The predicted octanol–water partition coefficient (Wildman–Crippen LogP) is 0.892. The second kappa shape index (κ2) is 11.3. The summed E-state index contributed by atoms with van der Waals surface area (Å²) in [6.45, 7) is 6.18. The molecule has 174 valence electrons. The summed E-state index contributed by atoms with van der Waals surface area (Å²) in [6.07, 6.45) is -4.53. The van der Waals surface area contributed by atoms with Gasteiger partial charge in [0.2, 0.25) is 0 Å². The van der Waals surface area contributed by atoms with Gasteiger partial charge in [-0.05, 0) is 19.1 Å². The van der Waals surface area contributed by atoms with Gasteiger partial charge in [-0.15, -0.1) is 0 Å². The van der Waals surface area contributed by atoms with E-state index in [-0.39, 0.29) is 6.61 Å². The van der Waals surface area contributed by atoms with Crippen molar-refractivity contribution in [2.75, 3.05) is 6.61 Å². The summed E-state index contributed by atoms with van der Waals surface area (Å²) in [5.41, 5.74) is 1.27. The lowest BCUT2D eigenvalue weighted by molar-refractivity contribution is -0.250. The van der Waals surface area contributed by atoms with Crippen molar-refractivity contribution in [1.29, 1.82) is 0 Å². The van der Waals surface area contributed by atoms with Gasteiger partial charge in [0.1, 0.15) is 12.7 Å². The van der Waals surface area contributed by atoms with E-state index in [1.807, 2.05) is 13.0 Å². The molecule has 0 radical (unpaired) electrons. The number of ether oxygens (including phenoxy) is 5. The van der Waals surface area contributed by atoms with Crippen molar-refractivity contribution in [2.24, 2.45) is 4.99 Å². The average molecular weight is 450 g/mol. The lowest BCUT2D eigenvalue weighted by Gasteiger charge is -2.43. The molecule has 2 rings (SSSR count). The monoisotopic (exact) mass is 450 g/mol. The molecule has 0 spiro atoms. The summed E-state index contributed by atoms with van der Waals surface area (Å²) >= 11 is 0. The fourth-order valence-corrected chi connectivity index (χ4v) is 3.11. The van der Waals surface area contributed by atoms with Gasteiger partial charge < -0.3 is 23.7 Å². The van der Waals surface area contributed by atoms with Gasteiger partial charge in [-0.25, -0.2) is 0 Å². The quantitative estimate of drug-likeness (QED) is 0.334. The highest BCUT2D eigenvalue weighted by Gasteiger charge is 2.52. The number of aryl methyl sites for hydroxylation is 1. The van der Waals surface area contributed by atoms with Crippen molar-refractivity contribution in [3.8, 4) is 0 Å². The van der Waals surface area contributed by atoms with Crippen molar-refractivity contribution >= 4 is 30.1 Å². The molecule has 1 aromatic rings. The number of rotatable bonds is 7. The Morgan fingerprint density at radius 1 is 0.938 bits per heavy atom. The maximum atomic E-state index is 11.8. The van der Waals surface area contributed by atoms with E-state index in [1.54, 1.807) is 12.1 Å². The first-order valence-electron chi connectivity index (χ1n) is 9.84. The van der Waals surface area contributed by atoms with Crippen LogP contribution in [0.2, 0.25) is 0 Å². The van der Waals surface area contributed by atoms with E-state index in [0.29, 0.717) is 5.69 Å². The number of hydrogen-bond acceptors (Lipinski definition) is 11. The summed E-state index contributed by atoms with van der Waals surface area (Å²) < 4.78 is 26.9. The van der Waals surface area contributed by atoms with Gasteiger partial charge in [-0.2, -0.15) is 0 Å². The lowest BCUT2D eigenvalue weighted by Crippen LogP contribution is -2.62. The molecule has 1 aliphatic rings. The Kier molecular flexibility index (Phi) is 8.82. The average Bonchev–Trinajstić information content (AvgIpc) is 2.67. The molecule has 0 bridgehead atoms. The minimum atomic E-state index is -1.26. The van der Waals surface area contributed by atoms with Crippen LogP contribution < -0.4 is 0 Å². The molecule has 1 aromatic heterocycles. The van der Waals surface area contributed by atoms with E-state index in [9.17, 15) is 19.2 Å². The molecule has 2 heterocycles. The van der Waals surface area contributed by atoms with Crippen LogP contribution in [0.1, 0.15) is 39.1 Å². The van der Waals surface area contributed by atoms with Crippen LogP contribution in [-0.4, -0.2) is 72.3 Å². The number of esters is 4. The lowest BCUT2D eigenvalue weighted by atomic mass is 9.97. The van der Waals surface area contributed by atoms with E-state index >= 15 is 0 Å². The van der Waals surface area contributed by atoms with Gasteiger partial charge in [-0.1, -0.05) is 6.07 Å².